The van der Waals surface area contributed by atoms with Crippen LogP contribution >= 0.6 is 0 Å². The van der Waals surface area contributed by atoms with Crippen LogP contribution < -0.4 is 10.4 Å². The summed E-state index contributed by atoms with van der Waals surface area (Å²) in [4.78, 5) is 11.5. The maximum atomic E-state index is 11.5. The Kier molecular flexibility index (Phi) is 4.21. The molecule has 102 valence electrons. The van der Waals surface area contributed by atoms with Gasteiger partial charge in [-0.1, -0.05) is 6.92 Å². The lowest BCUT2D eigenvalue weighted by Gasteiger charge is -2.06. The monoisotopic (exact) mass is 269 g/mol. The number of benzene rings is 1. The highest BCUT2D eigenvalue weighted by atomic mass is 16.5. The minimum Gasteiger partial charge on any atom is -0.489 e. The van der Waals surface area contributed by atoms with E-state index in [0.717, 1.165) is 17.4 Å². The zero-order valence-electron chi connectivity index (χ0n) is 11.5. The van der Waals surface area contributed by atoms with Crippen molar-refractivity contribution < 1.29 is 9.15 Å². The van der Waals surface area contributed by atoms with E-state index in [1.54, 1.807) is 19.1 Å². The molecule has 20 heavy (non-hydrogen) atoms. The van der Waals surface area contributed by atoms with Gasteiger partial charge >= 0.3 is 5.63 Å². The Balaban J connectivity index is 2.30. The summed E-state index contributed by atoms with van der Waals surface area (Å²) in [6, 6.07) is 8.95. The average molecular weight is 269 g/mol. The van der Waals surface area contributed by atoms with Gasteiger partial charge in [-0.2, -0.15) is 5.26 Å². The fourth-order valence-corrected chi connectivity index (χ4v) is 1.90. The van der Waals surface area contributed by atoms with Crippen LogP contribution in [0.3, 0.4) is 0 Å². The number of nitrogens with zero attached hydrogens (tertiary/aromatic N) is 1. The Bertz CT molecular complexity index is 750. The number of rotatable bonds is 4. The molecule has 0 aliphatic rings. The lowest BCUT2D eigenvalue weighted by molar-refractivity contribution is 0.362. The molecule has 0 atom stereocenters. The Morgan fingerprint density at radius 1 is 1.45 bits per heavy atom. The van der Waals surface area contributed by atoms with Crippen LogP contribution in [0, 0.1) is 11.3 Å². The van der Waals surface area contributed by atoms with E-state index in [0.29, 0.717) is 23.5 Å². The largest absolute Gasteiger partial charge is 0.489 e. The van der Waals surface area contributed by atoms with Gasteiger partial charge in [-0.3, -0.25) is 0 Å². The molecule has 4 nitrogen and oxygen atoms in total. The van der Waals surface area contributed by atoms with E-state index in [9.17, 15) is 4.79 Å². The molecule has 2 rings (SSSR count). The van der Waals surface area contributed by atoms with Gasteiger partial charge in [0, 0.05) is 23.1 Å². The first-order chi connectivity index (χ1) is 9.63. The number of hydrogen-bond acceptors (Lipinski definition) is 4. The first-order valence-corrected chi connectivity index (χ1v) is 6.40. The molecule has 4 heteroatoms. The molecule has 1 aromatic heterocycles. The molecule has 0 unspecified atom stereocenters. The average Bonchev–Trinajstić information content (AvgIpc) is 2.45. The molecule has 2 aromatic rings. The second-order valence-electron chi connectivity index (χ2n) is 4.41. The first kappa shape index (κ1) is 13.9. The number of nitriles is 1. The highest BCUT2D eigenvalue weighted by Gasteiger charge is 2.05. The summed E-state index contributed by atoms with van der Waals surface area (Å²) < 4.78 is 10.7. The predicted molar refractivity (Wildman–Crippen MR) is 76.7 cm³/mol. The quantitative estimate of drug-likeness (QED) is 0.631. The normalized spacial score (nSPS) is 11.3. The van der Waals surface area contributed by atoms with E-state index >= 15 is 0 Å². The van der Waals surface area contributed by atoms with Gasteiger partial charge in [0.1, 0.15) is 17.9 Å². The van der Waals surface area contributed by atoms with Crippen molar-refractivity contribution >= 4 is 11.0 Å². The van der Waals surface area contributed by atoms with Crippen molar-refractivity contribution in [3.8, 4) is 11.8 Å². The van der Waals surface area contributed by atoms with Gasteiger partial charge in [0.2, 0.25) is 0 Å². The molecule has 1 aromatic carbocycles. The van der Waals surface area contributed by atoms with Crippen molar-refractivity contribution in [3.05, 3.63) is 51.9 Å². The highest BCUT2D eigenvalue weighted by molar-refractivity contribution is 5.81. The van der Waals surface area contributed by atoms with Crippen LogP contribution in [0.25, 0.3) is 11.0 Å². The van der Waals surface area contributed by atoms with Crippen LogP contribution in [0.5, 0.6) is 5.75 Å². The van der Waals surface area contributed by atoms with Crippen molar-refractivity contribution in [3.63, 3.8) is 0 Å². The number of aryl methyl sites for hydroxylation is 1. The van der Waals surface area contributed by atoms with E-state index in [2.05, 4.69) is 0 Å². The number of allylic oxidation sites excluding steroid dienone is 1. The molecule has 0 spiro atoms. The van der Waals surface area contributed by atoms with Crippen molar-refractivity contribution in [2.75, 3.05) is 6.61 Å². The van der Waals surface area contributed by atoms with E-state index < -0.39 is 0 Å². The fourth-order valence-electron chi connectivity index (χ4n) is 1.90. The molecule has 0 aliphatic heterocycles. The molecule has 0 saturated heterocycles. The second kappa shape index (κ2) is 6.07. The number of fused-ring (bicyclic) bond motifs is 1. The molecule has 0 aliphatic carbocycles. The zero-order valence-corrected chi connectivity index (χ0v) is 11.5. The molecular formula is C16H15NO3. The lowest BCUT2D eigenvalue weighted by Crippen LogP contribution is -2.00. The van der Waals surface area contributed by atoms with Crippen LogP contribution in [0.1, 0.15) is 19.4 Å². The molecule has 0 radical (unpaired) electrons. The molecule has 0 saturated carbocycles. The van der Waals surface area contributed by atoms with Crippen LogP contribution in [0.2, 0.25) is 0 Å². The number of hydrogen-bond donors (Lipinski definition) is 0. The molecule has 0 bridgehead atoms. The summed E-state index contributed by atoms with van der Waals surface area (Å²) in [6.07, 6.45) is 2.47. The van der Waals surface area contributed by atoms with Gasteiger partial charge in [0.25, 0.3) is 0 Å². The Morgan fingerprint density at radius 3 is 2.95 bits per heavy atom. The SMILES string of the molecule is CCc1cc(=O)oc2cc(OCC=C(C)C#N)ccc12. The molecule has 0 amide bonds. The summed E-state index contributed by atoms with van der Waals surface area (Å²) in [5.74, 6) is 0.607. The van der Waals surface area contributed by atoms with Crippen LogP contribution in [-0.4, -0.2) is 6.61 Å². The smallest absolute Gasteiger partial charge is 0.336 e. The van der Waals surface area contributed by atoms with Crippen LogP contribution in [0.4, 0.5) is 0 Å². The van der Waals surface area contributed by atoms with E-state index in [-0.39, 0.29) is 5.63 Å². The van der Waals surface area contributed by atoms with Crippen molar-refractivity contribution in [2.45, 2.75) is 20.3 Å². The summed E-state index contributed by atoms with van der Waals surface area (Å²) in [5.41, 5.74) is 1.73. The first-order valence-electron chi connectivity index (χ1n) is 6.40. The standard InChI is InChI=1S/C16H15NO3/c1-3-12-8-16(18)20-15-9-13(4-5-14(12)15)19-7-6-11(2)10-17/h4-6,8-9H,3,7H2,1-2H3. The number of ether oxygens (including phenoxy) is 1. The highest BCUT2D eigenvalue weighted by Crippen LogP contribution is 2.23. The Morgan fingerprint density at radius 2 is 2.25 bits per heavy atom. The van der Waals surface area contributed by atoms with Crippen LogP contribution in [0.15, 0.2) is 45.1 Å². The van der Waals surface area contributed by atoms with Gasteiger partial charge in [-0.05, 0) is 37.1 Å². The van der Waals surface area contributed by atoms with Crippen molar-refractivity contribution in [2.24, 2.45) is 0 Å². The van der Waals surface area contributed by atoms with Crippen molar-refractivity contribution in [1.82, 2.24) is 0 Å². The molecule has 0 fully saturated rings. The Hall–Kier alpha value is -2.54. The van der Waals surface area contributed by atoms with Gasteiger partial charge in [0.05, 0.1) is 6.07 Å². The van der Waals surface area contributed by atoms with Gasteiger partial charge in [0.15, 0.2) is 0 Å². The lowest BCUT2D eigenvalue weighted by atomic mass is 10.1. The summed E-state index contributed by atoms with van der Waals surface area (Å²) >= 11 is 0. The fraction of sp³-hybridized carbons (Fsp3) is 0.250. The van der Waals surface area contributed by atoms with Crippen LogP contribution in [-0.2, 0) is 6.42 Å². The summed E-state index contributed by atoms with van der Waals surface area (Å²) in [7, 11) is 0. The molecular weight excluding hydrogens is 254 g/mol. The van der Waals surface area contributed by atoms with Gasteiger partial charge in [-0.25, -0.2) is 4.79 Å². The topological polar surface area (TPSA) is 63.2 Å². The minimum absolute atomic E-state index is 0.308. The minimum atomic E-state index is -0.355. The Labute approximate surface area is 116 Å². The van der Waals surface area contributed by atoms with E-state index in [1.165, 1.54) is 6.07 Å². The molecule has 1 heterocycles. The van der Waals surface area contributed by atoms with Gasteiger partial charge < -0.3 is 9.15 Å². The maximum Gasteiger partial charge on any atom is 0.336 e. The maximum absolute atomic E-state index is 11.5. The third kappa shape index (κ3) is 3.07. The summed E-state index contributed by atoms with van der Waals surface area (Å²) in [5, 5.41) is 9.56. The summed E-state index contributed by atoms with van der Waals surface area (Å²) in [6.45, 7) is 4.02. The zero-order chi connectivity index (χ0) is 14.5. The third-order valence-corrected chi connectivity index (χ3v) is 3.00. The van der Waals surface area contributed by atoms with E-state index in [1.807, 2.05) is 25.1 Å². The van der Waals surface area contributed by atoms with Gasteiger partial charge in [-0.15, -0.1) is 0 Å². The molecule has 0 N–H and O–H groups in total. The second-order valence-corrected chi connectivity index (χ2v) is 4.41. The van der Waals surface area contributed by atoms with Crippen molar-refractivity contribution in [1.29, 1.82) is 5.26 Å². The van der Waals surface area contributed by atoms with E-state index in [4.69, 9.17) is 14.4 Å². The third-order valence-electron chi connectivity index (χ3n) is 3.00. The predicted octanol–water partition coefficient (Wildman–Crippen LogP) is 3.20.